The van der Waals surface area contributed by atoms with Gasteiger partial charge in [0.2, 0.25) is 0 Å². The number of aliphatic hydroxyl groups excluding tert-OH is 2. The minimum absolute atomic E-state index is 0.00892. The fourth-order valence-corrected chi connectivity index (χ4v) is 5.04. The van der Waals surface area contributed by atoms with Crippen molar-refractivity contribution in [3.05, 3.63) is 47.0 Å². The van der Waals surface area contributed by atoms with Gasteiger partial charge in [0, 0.05) is 18.8 Å². The maximum Gasteiger partial charge on any atom is 0.303 e. The van der Waals surface area contributed by atoms with Gasteiger partial charge >= 0.3 is 5.97 Å². The number of carboxylic acids is 1. The topological polar surface area (TPSA) is 77.8 Å². The van der Waals surface area contributed by atoms with E-state index in [0.29, 0.717) is 18.8 Å². The fraction of sp³-hybridized carbons (Fsp3) is 0.560. The van der Waals surface area contributed by atoms with E-state index in [4.69, 9.17) is 5.11 Å². The summed E-state index contributed by atoms with van der Waals surface area (Å²) in [6, 6.07) is 6.34. The molecule has 29 heavy (non-hydrogen) atoms. The number of rotatable bonds is 8. The van der Waals surface area contributed by atoms with E-state index in [-0.39, 0.29) is 30.3 Å². The molecule has 6 atom stereocenters. The highest BCUT2D eigenvalue weighted by atomic mass is 16.4. The van der Waals surface area contributed by atoms with Crippen molar-refractivity contribution in [3.63, 3.8) is 0 Å². The number of benzene rings is 1. The van der Waals surface area contributed by atoms with Gasteiger partial charge in [-0.3, -0.25) is 4.79 Å². The molecule has 3 rings (SSSR count). The van der Waals surface area contributed by atoms with Gasteiger partial charge in [-0.25, -0.2) is 0 Å². The summed E-state index contributed by atoms with van der Waals surface area (Å²) >= 11 is 0. The lowest BCUT2D eigenvalue weighted by molar-refractivity contribution is -0.137. The second-order valence-electron chi connectivity index (χ2n) is 8.59. The van der Waals surface area contributed by atoms with Gasteiger partial charge in [-0.15, -0.1) is 11.8 Å². The van der Waals surface area contributed by atoms with Crippen molar-refractivity contribution < 1.29 is 20.1 Å². The van der Waals surface area contributed by atoms with Crippen LogP contribution in [0.15, 0.2) is 30.4 Å². The normalized spacial score (nSPS) is 27.2. The Hall–Kier alpha value is -2.09. The molecule has 3 N–H and O–H groups in total. The van der Waals surface area contributed by atoms with Crippen molar-refractivity contribution in [3.8, 4) is 11.8 Å². The Morgan fingerprint density at radius 2 is 2.17 bits per heavy atom. The molecular formula is C25H32O4. The number of fused-ring (bicyclic) bond motifs is 3. The first kappa shape index (κ1) is 21.6. The summed E-state index contributed by atoms with van der Waals surface area (Å²) in [5.74, 6) is 5.89. The molecule has 4 heteroatoms. The quantitative estimate of drug-likeness (QED) is 0.463. The molecule has 1 saturated carbocycles. The van der Waals surface area contributed by atoms with Crippen molar-refractivity contribution in [2.24, 2.45) is 17.8 Å². The predicted octanol–water partition coefficient (Wildman–Crippen LogP) is 3.70. The van der Waals surface area contributed by atoms with E-state index in [9.17, 15) is 15.0 Å². The van der Waals surface area contributed by atoms with Gasteiger partial charge in [-0.2, -0.15) is 0 Å². The summed E-state index contributed by atoms with van der Waals surface area (Å²) in [6.07, 6.45) is 6.92. The zero-order valence-electron chi connectivity index (χ0n) is 17.3. The van der Waals surface area contributed by atoms with Crippen LogP contribution in [0.1, 0.15) is 62.1 Å². The Morgan fingerprint density at radius 1 is 1.38 bits per heavy atom. The van der Waals surface area contributed by atoms with Gasteiger partial charge in [-0.05, 0) is 67.1 Å². The highest BCUT2D eigenvalue weighted by Gasteiger charge is 2.46. The van der Waals surface area contributed by atoms with Crippen LogP contribution in [-0.2, 0) is 17.6 Å². The fourth-order valence-electron chi connectivity index (χ4n) is 5.04. The van der Waals surface area contributed by atoms with Gasteiger partial charge < -0.3 is 15.3 Å². The van der Waals surface area contributed by atoms with Crippen LogP contribution in [0.2, 0.25) is 0 Å². The summed E-state index contributed by atoms with van der Waals surface area (Å²) < 4.78 is 0. The molecule has 4 unspecified atom stereocenters. The molecule has 0 bridgehead atoms. The van der Waals surface area contributed by atoms with Crippen molar-refractivity contribution >= 4 is 5.97 Å². The van der Waals surface area contributed by atoms with Gasteiger partial charge in [0.15, 0.2) is 0 Å². The summed E-state index contributed by atoms with van der Waals surface area (Å²) in [5, 5.41) is 30.0. The molecule has 1 aromatic rings. The second kappa shape index (κ2) is 9.61. The molecule has 1 aromatic carbocycles. The SMILES string of the molecule is CC#CC[C@H](C)[C@H](O)/C=C/C1C(O)CC2Cc3c(CCCC(=O)O)cccc3C21. The molecule has 2 aliphatic carbocycles. The van der Waals surface area contributed by atoms with Crippen LogP contribution >= 0.6 is 0 Å². The summed E-state index contributed by atoms with van der Waals surface area (Å²) in [7, 11) is 0. The summed E-state index contributed by atoms with van der Waals surface area (Å²) in [4.78, 5) is 10.8. The minimum Gasteiger partial charge on any atom is -0.481 e. The molecule has 1 fully saturated rings. The smallest absolute Gasteiger partial charge is 0.303 e. The second-order valence-corrected chi connectivity index (χ2v) is 8.59. The molecule has 0 amide bonds. The average Bonchev–Trinajstić information content (AvgIpc) is 3.19. The number of carbonyl (C=O) groups is 1. The zero-order chi connectivity index (χ0) is 21.0. The number of aliphatic carboxylic acids is 1. The van der Waals surface area contributed by atoms with Crippen LogP contribution in [0.4, 0.5) is 0 Å². The molecule has 0 aliphatic heterocycles. The zero-order valence-corrected chi connectivity index (χ0v) is 17.3. The van der Waals surface area contributed by atoms with E-state index in [1.54, 1.807) is 6.92 Å². The molecule has 0 saturated heterocycles. The Labute approximate surface area is 173 Å². The van der Waals surface area contributed by atoms with Crippen molar-refractivity contribution in [2.75, 3.05) is 0 Å². The van der Waals surface area contributed by atoms with E-state index >= 15 is 0 Å². The molecule has 4 nitrogen and oxygen atoms in total. The predicted molar refractivity (Wildman–Crippen MR) is 113 cm³/mol. The van der Waals surface area contributed by atoms with Gasteiger partial charge in [-0.1, -0.05) is 37.3 Å². The number of hydrogen-bond donors (Lipinski definition) is 3. The van der Waals surface area contributed by atoms with E-state index in [0.717, 1.165) is 19.3 Å². The van der Waals surface area contributed by atoms with E-state index < -0.39 is 12.1 Å². The number of aliphatic hydroxyl groups is 2. The summed E-state index contributed by atoms with van der Waals surface area (Å²) in [6.45, 7) is 3.79. The highest BCUT2D eigenvalue weighted by molar-refractivity contribution is 5.66. The minimum atomic E-state index is -0.750. The first-order valence-corrected chi connectivity index (χ1v) is 10.7. The maximum absolute atomic E-state index is 10.8. The number of hydrogen-bond acceptors (Lipinski definition) is 3. The molecule has 0 spiro atoms. The molecule has 0 heterocycles. The highest BCUT2D eigenvalue weighted by Crippen LogP contribution is 2.53. The lowest BCUT2D eigenvalue weighted by Gasteiger charge is -2.21. The van der Waals surface area contributed by atoms with Crippen LogP contribution in [0.5, 0.6) is 0 Å². The standard InChI is InChI=1S/C25H32O4/c1-3-4-7-16(2)22(26)13-12-20-23(27)15-18-14-21-17(9-6-11-24(28)29)8-5-10-19(21)25(18)20/h5,8,10,12-13,16,18,20,22-23,25-27H,6-7,9,11,14-15H2,1-2H3,(H,28,29)/b13-12+/t16-,18?,20?,22+,23?,25?/m0/s1. The van der Waals surface area contributed by atoms with Gasteiger partial charge in [0.1, 0.15) is 0 Å². The molecular weight excluding hydrogens is 364 g/mol. The van der Waals surface area contributed by atoms with Gasteiger partial charge in [0.05, 0.1) is 12.2 Å². The van der Waals surface area contributed by atoms with Crippen molar-refractivity contribution in [1.82, 2.24) is 0 Å². The lowest BCUT2D eigenvalue weighted by Crippen LogP contribution is -2.19. The van der Waals surface area contributed by atoms with Gasteiger partial charge in [0.25, 0.3) is 0 Å². The third-order valence-corrected chi connectivity index (χ3v) is 6.60. The maximum atomic E-state index is 10.8. The van der Waals surface area contributed by atoms with Crippen LogP contribution in [-0.4, -0.2) is 33.5 Å². The van der Waals surface area contributed by atoms with Crippen LogP contribution < -0.4 is 0 Å². The first-order valence-electron chi connectivity index (χ1n) is 10.7. The molecule has 156 valence electrons. The first-order chi connectivity index (χ1) is 13.9. The Balaban J connectivity index is 1.75. The lowest BCUT2D eigenvalue weighted by atomic mass is 9.86. The van der Waals surface area contributed by atoms with Crippen LogP contribution in [0.3, 0.4) is 0 Å². The van der Waals surface area contributed by atoms with Crippen LogP contribution in [0.25, 0.3) is 0 Å². The number of aryl methyl sites for hydroxylation is 1. The third kappa shape index (κ3) is 4.91. The molecule has 2 aliphatic rings. The monoisotopic (exact) mass is 396 g/mol. The molecule has 0 radical (unpaired) electrons. The average molecular weight is 397 g/mol. The van der Waals surface area contributed by atoms with Crippen LogP contribution in [0, 0.1) is 29.6 Å². The molecule has 0 aromatic heterocycles. The largest absolute Gasteiger partial charge is 0.481 e. The third-order valence-electron chi connectivity index (χ3n) is 6.60. The Morgan fingerprint density at radius 3 is 2.90 bits per heavy atom. The Kier molecular flexibility index (Phi) is 7.16. The van der Waals surface area contributed by atoms with E-state index in [1.807, 2.05) is 19.1 Å². The van der Waals surface area contributed by atoms with E-state index in [1.165, 1.54) is 16.7 Å². The van der Waals surface area contributed by atoms with Crippen molar-refractivity contribution in [2.45, 2.75) is 70.5 Å². The summed E-state index contributed by atoms with van der Waals surface area (Å²) in [5.41, 5.74) is 3.90. The Bertz CT molecular complexity index is 816. The number of carboxylic acid groups (broad SMARTS) is 1. The van der Waals surface area contributed by atoms with Crippen molar-refractivity contribution in [1.29, 1.82) is 0 Å². The van der Waals surface area contributed by atoms with E-state index in [2.05, 4.69) is 30.0 Å².